The Kier molecular flexibility index (Phi) is 5.84. The molecule has 1 amide bonds. The van der Waals surface area contributed by atoms with Gasteiger partial charge in [0.1, 0.15) is 17.4 Å². The van der Waals surface area contributed by atoms with Crippen LogP contribution in [-0.4, -0.2) is 27.8 Å². The van der Waals surface area contributed by atoms with Crippen molar-refractivity contribution in [3.63, 3.8) is 0 Å². The van der Waals surface area contributed by atoms with E-state index in [1.54, 1.807) is 60.3 Å². The predicted molar refractivity (Wildman–Crippen MR) is 102 cm³/mol. The number of carbonyl (C=O) groups is 2. The van der Waals surface area contributed by atoms with E-state index < -0.39 is 5.82 Å². The van der Waals surface area contributed by atoms with Crippen LogP contribution in [0.2, 0.25) is 0 Å². The van der Waals surface area contributed by atoms with Crippen molar-refractivity contribution < 1.29 is 18.7 Å². The van der Waals surface area contributed by atoms with Gasteiger partial charge in [0, 0.05) is 24.5 Å². The number of imidazole rings is 1. The average Bonchev–Trinajstić information content (AvgIpc) is 3.10. The average molecular weight is 381 g/mol. The molecular formula is C21H20FN3O3. The van der Waals surface area contributed by atoms with Crippen molar-refractivity contribution >= 4 is 11.7 Å². The normalized spacial score (nSPS) is 10.5. The fourth-order valence-electron chi connectivity index (χ4n) is 2.67. The number of ether oxygens (including phenoxy) is 1. The Hall–Kier alpha value is -3.48. The number of aryl methyl sites for hydroxylation is 1. The van der Waals surface area contributed by atoms with Crippen molar-refractivity contribution in [1.29, 1.82) is 0 Å². The topological polar surface area (TPSA) is 73.2 Å². The number of hydrogen-bond acceptors (Lipinski definition) is 4. The van der Waals surface area contributed by atoms with E-state index in [0.717, 1.165) is 0 Å². The number of nitrogens with one attached hydrogen (secondary N) is 1. The number of hydrogen-bond donors (Lipinski definition) is 1. The van der Waals surface area contributed by atoms with Crippen LogP contribution in [0.25, 0.3) is 5.69 Å². The number of amides is 1. The largest absolute Gasteiger partial charge is 0.484 e. The molecule has 0 unspecified atom stereocenters. The lowest BCUT2D eigenvalue weighted by atomic mass is 10.1. The monoisotopic (exact) mass is 381 g/mol. The smallest absolute Gasteiger partial charge is 0.258 e. The first-order valence-corrected chi connectivity index (χ1v) is 8.73. The van der Waals surface area contributed by atoms with Gasteiger partial charge >= 0.3 is 0 Å². The second kappa shape index (κ2) is 8.47. The second-order valence-corrected chi connectivity index (χ2v) is 6.28. The van der Waals surface area contributed by atoms with Crippen LogP contribution < -0.4 is 10.1 Å². The molecule has 0 radical (unpaired) electrons. The number of nitrogens with zero attached hydrogens (tertiary/aromatic N) is 2. The van der Waals surface area contributed by atoms with Gasteiger partial charge in [0.25, 0.3) is 5.91 Å². The molecule has 0 saturated carbocycles. The number of Topliss-reactive ketones (excluding diaryl/α,β-unsaturated/α-hetero) is 1. The first-order valence-electron chi connectivity index (χ1n) is 8.73. The fourth-order valence-corrected chi connectivity index (χ4v) is 2.67. The lowest BCUT2D eigenvalue weighted by Gasteiger charge is -2.10. The van der Waals surface area contributed by atoms with E-state index in [2.05, 4.69) is 10.3 Å². The maximum Gasteiger partial charge on any atom is 0.258 e. The lowest BCUT2D eigenvalue weighted by molar-refractivity contribution is -0.123. The van der Waals surface area contributed by atoms with Crippen LogP contribution in [0, 0.1) is 12.7 Å². The molecule has 6 nitrogen and oxygen atoms in total. The zero-order valence-corrected chi connectivity index (χ0v) is 15.6. The highest BCUT2D eigenvalue weighted by atomic mass is 19.1. The van der Waals surface area contributed by atoms with Crippen LogP contribution >= 0.6 is 0 Å². The van der Waals surface area contributed by atoms with E-state index in [1.807, 2.05) is 0 Å². The summed E-state index contributed by atoms with van der Waals surface area (Å²) in [5.74, 6) is 0.422. The molecule has 0 aliphatic rings. The molecule has 0 atom stereocenters. The SMILES string of the molecule is CC(=O)c1ccc(OCC(=O)NCc2ccc(-n3ccnc3C)c(F)c2)cc1. The lowest BCUT2D eigenvalue weighted by Crippen LogP contribution is -2.28. The molecule has 3 rings (SSSR count). The summed E-state index contributed by atoms with van der Waals surface area (Å²) in [4.78, 5) is 27.3. The van der Waals surface area contributed by atoms with Gasteiger partial charge in [-0.25, -0.2) is 9.37 Å². The molecular weight excluding hydrogens is 361 g/mol. The molecule has 0 bridgehead atoms. The molecule has 1 aromatic heterocycles. The van der Waals surface area contributed by atoms with Crippen LogP contribution in [0.4, 0.5) is 4.39 Å². The molecule has 0 aliphatic heterocycles. The Balaban J connectivity index is 1.52. The Morgan fingerprint density at radius 1 is 1.18 bits per heavy atom. The van der Waals surface area contributed by atoms with Gasteiger partial charge in [-0.15, -0.1) is 0 Å². The minimum absolute atomic E-state index is 0.0363. The zero-order valence-electron chi connectivity index (χ0n) is 15.6. The summed E-state index contributed by atoms with van der Waals surface area (Å²) in [7, 11) is 0. The summed E-state index contributed by atoms with van der Waals surface area (Å²) in [6, 6.07) is 11.3. The summed E-state index contributed by atoms with van der Waals surface area (Å²) in [6.45, 7) is 3.29. The Morgan fingerprint density at radius 3 is 2.54 bits per heavy atom. The van der Waals surface area contributed by atoms with Crippen molar-refractivity contribution in [2.24, 2.45) is 0 Å². The third kappa shape index (κ3) is 4.62. The molecule has 3 aromatic rings. The molecule has 0 spiro atoms. The number of halogens is 1. The predicted octanol–water partition coefficient (Wildman–Crippen LogP) is 3.22. The van der Waals surface area contributed by atoms with E-state index >= 15 is 0 Å². The first kappa shape index (κ1) is 19.3. The first-order chi connectivity index (χ1) is 13.4. The minimum atomic E-state index is -0.394. The molecule has 0 aliphatic carbocycles. The van der Waals surface area contributed by atoms with Gasteiger partial charge in [0.05, 0.1) is 5.69 Å². The number of benzene rings is 2. The summed E-state index contributed by atoms with van der Waals surface area (Å²) in [5, 5.41) is 2.69. The fraction of sp³-hybridized carbons (Fsp3) is 0.190. The van der Waals surface area contributed by atoms with Crippen LogP contribution in [0.5, 0.6) is 5.75 Å². The van der Waals surface area contributed by atoms with Gasteiger partial charge in [0.15, 0.2) is 12.4 Å². The van der Waals surface area contributed by atoms with Gasteiger partial charge in [0.2, 0.25) is 0 Å². The van der Waals surface area contributed by atoms with Gasteiger partial charge in [-0.05, 0) is 55.8 Å². The highest BCUT2D eigenvalue weighted by molar-refractivity contribution is 5.94. The molecule has 7 heteroatoms. The highest BCUT2D eigenvalue weighted by Gasteiger charge is 2.09. The van der Waals surface area contributed by atoms with Gasteiger partial charge in [-0.1, -0.05) is 6.07 Å². The van der Waals surface area contributed by atoms with E-state index in [9.17, 15) is 14.0 Å². The Bertz CT molecular complexity index is 996. The number of rotatable bonds is 7. The Labute approximate surface area is 162 Å². The molecule has 0 saturated heterocycles. The third-order valence-electron chi connectivity index (χ3n) is 4.22. The summed E-state index contributed by atoms with van der Waals surface area (Å²) in [6.07, 6.45) is 3.30. The maximum atomic E-state index is 14.4. The number of carbonyl (C=O) groups excluding carboxylic acids is 2. The van der Waals surface area contributed by atoms with Crippen molar-refractivity contribution in [3.8, 4) is 11.4 Å². The van der Waals surface area contributed by atoms with E-state index in [0.29, 0.717) is 28.4 Å². The van der Waals surface area contributed by atoms with Crippen LogP contribution in [0.3, 0.4) is 0 Å². The Morgan fingerprint density at radius 2 is 1.93 bits per heavy atom. The van der Waals surface area contributed by atoms with Crippen molar-refractivity contribution in [1.82, 2.24) is 14.9 Å². The summed E-state index contributed by atoms with van der Waals surface area (Å²) >= 11 is 0. The van der Waals surface area contributed by atoms with Gasteiger partial charge in [-0.3, -0.25) is 9.59 Å². The summed E-state index contributed by atoms with van der Waals surface area (Å²) < 4.78 is 21.4. The van der Waals surface area contributed by atoms with E-state index in [4.69, 9.17) is 4.74 Å². The molecule has 2 aromatic carbocycles. The van der Waals surface area contributed by atoms with Crippen LogP contribution in [-0.2, 0) is 11.3 Å². The van der Waals surface area contributed by atoms with E-state index in [1.165, 1.54) is 13.0 Å². The standard InChI is InChI=1S/C21H20FN3O3/c1-14(26)17-4-6-18(7-5-17)28-13-21(27)24-12-16-3-8-20(19(22)11-16)25-10-9-23-15(25)2/h3-11H,12-13H2,1-2H3,(H,24,27). The zero-order chi connectivity index (χ0) is 20.1. The van der Waals surface area contributed by atoms with Crippen LogP contribution in [0.15, 0.2) is 54.9 Å². The van der Waals surface area contributed by atoms with Crippen molar-refractivity contribution in [3.05, 3.63) is 77.6 Å². The second-order valence-electron chi connectivity index (χ2n) is 6.28. The highest BCUT2D eigenvalue weighted by Crippen LogP contribution is 2.17. The molecule has 1 heterocycles. The maximum absolute atomic E-state index is 14.4. The quantitative estimate of drug-likeness (QED) is 0.638. The van der Waals surface area contributed by atoms with Crippen molar-refractivity contribution in [2.45, 2.75) is 20.4 Å². The minimum Gasteiger partial charge on any atom is -0.484 e. The van der Waals surface area contributed by atoms with Crippen LogP contribution in [0.1, 0.15) is 28.7 Å². The van der Waals surface area contributed by atoms with E-state index in [-0.39, 0.29) is 24.8 Å². The van der Waals surface area contributed by atoms with Gasteiger partial charge < -0.3 is 14.6 Å². The molecule has 144 valence electrons. The molecule has 0 fully saturated rings. The molecule has 28 heavy (non-hydrogen) atoms. The third-order valence-corrected chi connectivity index (χ3v) is 4.22. The number of ketones is 1. The number of aromatic nitrogens is 2. The van der Waals surface area contributed by atoms with Gasteiger partial charge in [-0.2, -0.15) is 0 Å². The molecule has 1 N–H and O–H groups in total. The summed E-state index contributed by atoms with van der Waals surface area (Å²) in [5.41, 5.74) is 1.62. The van der Waals surface area contributed by atoms with Crippen molar-refractivity contribution in [2.75, 3.05) is 6.61 Å².